The monoisotopic (exact) mass is 112 g/mol. The van der Waals surface area contributed by atoms with Crippen molar-refractivity contribution >= 4 is 0 Å². The molecular formula is C6H12N2. The summed E-state index contributed by atoms with van der Waals surface area (Å²) in [5.41, 5.74) is 0. The van der Waals surface area contributed by atoms with Gasteiger partial charge in [-0.15, -0.1) is 0 Å². The van der Waals surface area contributed by atoms with Crippen molar-refractivity contribution in [3.63, 3.8) is 0 Å². The molecule has 0 aliphatic carbocycles. The van der Waals surface area contributed by atoms with Crippen LogP contribution in [0.3, 0.4) is 0 Å². The van der Waals surface area contributed by atoms with Crippen molar-refractivity contribution in [2.24, 2.45) is 0 Å². The molecule has 8 heavy (non-hydrogen) atoms. The summed E-state index contributed by atoms with van der Waals surface area (Å²) in [7, 11) is 2.22. The number of piperazine rings is 1. The molecule has 0 aromatic heterocycles. The second-order valence-corrected chi connectivity index (χ2v) is 2.87. The standard InChI is InChI=1S/C6H12N2/c1-8-5-2-6(8)4-7-3-5/h5-7H,2-4H2,1H3. The van der Waals surface area contributed by atoms with E-state index in [2.05, 4.69) is 17.3 Å². The molecule has 3 saturated heterocycles. The minimum Gasteiger partial charge on any atom is -0.314 e. The van der Waals surface area contributed by atoms with Gasteiger partial charge in [-0.05, 0) is 13.5 Å². The Kier molecular flexibility index (Phi) is 0.866. The van der Waals surface area contributed by atoms with Crippen molar-refractivity contribution in [1.82, 2.24) is 10.2 Å². The van der Waals surface area contributed by atoms with Gasteiger partial charge >= 0.3 is 0 Å². The number of fused-ring (bicyclic) bond motifs is 2. The van der Waals surface area contributed by atoms with Crippen LogP contribution in [0.25, 0.3) is 0 Å². The fourth-order valence-corrected chi connectivity index (χ4v) is 1.68. The average molecular weight is 112 g/mol. The lowest BCUT2D eigenvalue weighted by molar-refractivity contribution is 0.0125. The summed E-state index contributed by atoms with van der Waals surface area (Å²) >= 11 is 0. The van der Waals surface area contributed by atoms with E-state index in [1.807, 2.05) is 0 Å². The van der Waals surface area contributed by atoms with E-state index in [0.717, 1.165) is 12.1 Å². The molecule has 2 bridgehead atoms. The summed E-state index contributed by atoms with van der Waals surface area (Å²) in [6, 6.07) is 1.74. The molecule has 3 rings (SSSR count). The smallest absolute Gasteiger partial charge is 0.0236 e. The van der Waals surface area contributed by atoms with Crippen molar-refractivity contribution in [2.45, 2.75) is 18.5 Å². The Morgan fingerprint density at radius 1 is 1.38 bits per heavy atom. The van der Waals surface area contributed by atoms with Gasteiger partial charge in [-0.3, -0.25) is 4.90 Å². The highest BCUT2D eigenvalue weighted by molar-refractivity contribution is 4.97. The second-order valence-electron chi connectivity index (χ2n) is 2.87. The first-order valence-electron chi connectivity index (χ1n) is 3.30. The fourth-order valence-electron chi connectivity index (χ4n) is 1.68. The summed E-state index contributed by atoms with van der Waals surface area (Å²) in [6.45, 7) is 2.43. The highest BCUT2D eigenvalue weighted by Crippen LogP contribution is 2.25. The number of hydrogen-bond donors (Lipinski definition) is 1. The molecule has 1 N–H and O–H groups in total. The maximum atomic E-state index is 3.37. The molecule has 3 heterocycles. The summed E-state index contributed by atoms with van der Waals surface area (Å²) in [6.07, 6.45) is 1.43. The summed E-state index contributed by atoms with van der Waals surface area (Å²) in [4.78, 5) is 2.47. The Hall–Kier alpha value is -0.0800. The third-order valence-electron chi connectivity index (χ3n) is 2.46. The van der Waals surface area contributed by atoms with E-state index < -0.39 is 0 Å². The van der Waals surface area contributed by atoms with E-state index in [1.165, 1.54) is 19.5 Å². The van der Waals surface area contributed by atoms with Crippen LogP contribution < -0.4 is 5.32 Å². The SMILES string of the molecule is CN1C2CNCC1C2. The summed E-state index contributed by atoms with van der Waals surface area (Å²) < 4.78 is 0. The van der Waals surface area contributed by atoms with Gasteiger partial charge in [0.25, 0.3) is 0 Å². The van der Waals surface area contributed by atoms with Crippen LogP contribution >= 0.6 is 0 Å². The van der Waals surface area contributed by atoms with Crippen molar-refractivity contribution in [1.29, 1.82) is 0 Å². The molecule has 3 aliphatic heterocycles. The first-order chi connectivity index (χ1) is 3.88. The van der Waals surface area contributed by atoms with E-state index in [4.69, 9.17) is 0 Å². The Morgan fingerprint density at radius 2 is 2.00 bits per heavy atom. The lowest BCUT2D eigenvalue weighted by Crippen LogP contribution is -2.66. The molecule has 2 atom stereocenters. The number of likely N-dealkylation sites (N-methyl/N-ethyl adjacent to an activating group) is 1. The minimum absolute atomic E-state index is 0.869. The van der Waals surface area contributed by atoms with Crippen LogP contribution in [0, 0.1) is 0 Å². The molecule has 0 aromatic rings. The van der Waals surface area contributed by atoms with Crippen molar-refractivity contribution < 1.29 is 0 Å². The maximum Gasteiger partial charge on any atom is 0.0236 e. The normalized spacial score (nSPS) is 46.1. The predicted molar refractivity (Wildman–Crippen MR) is 32.8 cm³/mol. The average Bonchev–Trinajstić information content (AvgIpc) is 1.89. The van der Waals surface area contributed by atoms with Gasteiger partial charge in [-0.25, -0.2) is 0 Å². The zero-order chi connectivity index (χ0) is 5.56. The van der Waals surface area contributed by atoms with Gasteiger partial charge in [0.15, 0.2) is 0 Å². The van der Waals surface area contributed by atoms with Gasteiger partial charge in [-0.2, -0.15) is 0 Å². The highest BCUT2D eigenvalue weighted by atomic mass is 15.3. The molecule has 3 aliphatic rings. The molecular weight excluding hydrogens is 100 g/mol. The first kappa shape index (κ1) is 4.77. The second kappa shape index (κ2) is 1.45. The van der Waals surface area contributed by atoms with E-state index in [1.54, 1.807) is 0 Å². The fraction of sp³-hybridized carbons (Fsp3) is 1.00. The largest absolute Gasteiger partial charge is 0.314 e. The first-order valence-corrected chi connectivity index (χ1v) is 3.30. The van der Waals surface area contributed by atoms with Gasteiger partial charge in [0.1, 0.15) is 0 Å². The predicted octanol–water partition coefficient (Wildman–Crippen LogP) is -0.338. The van der Waals surface area contributed by atoms with E-state index >= 15 is 0 Å². The van der Waals surface area contributed by atoms with Crippen molar-refractivity contribution in [3.05, 3.63) is 0 Å². The van der Waals surface area contributed by atoms with Gasteiger partial charge in [0.2, 0.25) is 0 Å². The topological polar surface area (TPSA) is 15.3 Å². The number of rotatable bonds is 0. The molecule has 0 saturated carbocycles. The third-order valence-corrected chi connectivity index (χ3v) is 2.46. The Morgan fingerprint density at radius 3 is 2.25 bits per heavy atom. The number of piperidine rings is 1. The molecule has 0 radical (unpaired) electrons. The minimum atomic E-state index is 0.869. The number of nitrogens with one attached hydrogen (secondary N) is 1. The molecule has 3 fully saturated rings. The van der Waals surface area contributed by atoms with Crippen molar-refractivity contribution in [2.75, 3.05) is 20.1 Å². The lowest BCUT2D eigenvalue weighted by Gasteiger charge is -2.51. The van der Waals surface area contributed by atoms with Gasteiger partial charge in [-0.1, -0.05) is 0 Å². The Balaban J connectivity index is 2.03. The van der Waals surface area contributed by atoms with Crippen molar-refractivity contribution in [3.8, 4) is 0 Å². The van der Waals surface area contributed by atoms with Crippen LogP contribution in [0.15, 0.2) is 0 Å². The molecule has 2 nitrogen and oxygen atoms in total. The molecule has 0 spiro atoms. The lowest BCUT2D eigenvalue weighted by atomic mass is 9.90. The molecule has 0 amide bonds. The van der Waals surface area contributed by atoms with Gasteiger partial charge in [0, 0.05) is 25.2 Å². The van der Waals surface area contributed by atoms with Crippen LogP contribution in [0.1, 0.15) is 6.42 Å². The van der Waals surface area contributed by atoms with Gasteiger partial charge < -0.3 is 5.32 Å². The summed E-state index contributed by atoms with van der Waals surface area (Å²) in [5, 5.41) is 3.37. The number of hydrogen-bond acceptors (Lipinski definition) is 2. The number of nitrogens with zero attached hydrogens (tertiary/aromatic N) is 1. The van der Waals surface area contributed by atoms with E-state index in [0.29, 0.717) is 0 Å². The van der Waals surface area contributed by atoms with Crippen LogP contribution in [-0.4, -0.2) is 37.1 Å². The maximum absolute atomic E-state index is 3.37. The van der Waals surface area contributed by atoms with E-state index in [-0.39, 0.29) is 0 Å². The Bertz CT molecular complexity index is 88.7. The quantitative estimate of drug-likeness (QED) is 0.461. The van der Waals surface area contributed by atoms with Crippen LogP contribution in [-0.2, 0) is 0 Å². The van der Waals surface area contributed by atoms with Crippen LogP contribution in [0.4, 0.5) is 0 Å². The van der Waals surface area contributed by atoms with E-state index in [9.17, 15) is 0 Å². The molecule has 2 heteroatoms. The third kappa shape index (κ3) is 0.446. The zero-order valence-corrected chi connectivity index (χ0v) is 5.22. The Labute approximate surface area is 49.9 Å². The zero-order valence-electron chi connectivity index (χ0n) is 5.22. The molecule has 46 valence electrons. The molecule has 2 unspecified atom stereocenters. The van der Waals surface area contributed by atoms with Crippen LogP contribution in [0.2, 0.25) is 0 Å². The highest BCUT2D eigenvalue weighted by Gasteiger charge is 2.37. The van der Waals surface area contributed by atoms with Crippen LogP contribution in [0.5, 0.6) is 0 Å². The summed E-state index contributed by atoms with van der Waals surface area (Å²) in [5.74, 6) is 0. The van der Waals surface area contributed by atoms with Gasteiger partial charge in [0.05, 0.1) is 0 Å². The molecule has 0 aromatic carbocycles.